The first-order valence-corrected chi connectivity index (χ1v) is 10.8. The maximum Gasteiger partial charge on any atom is 0.166 e. The second-order valence-corrected chi connectivity index (χ2v) is 7.87. The molecule has 0 aliphatic carbocycles. The lowest BCUT2D eigenvalue weighted by Crippen LogP contribution is -2.46. The van der Waals surface area contributed by atoms with Gasteiger partial charge in [-0.1, -0.05) is 12.1 Å². The molecule has 33 heavy (non-hydrogen) atoms. The monoisotopic (exact) mass is 445 g/mol. The van der Waals surface area contributed by atoms with E-state index in [4.69, 9.17) is 15.5 Å². The molecule has 0 spiro atoms. The summed E-state index contributed by atoms with van der Waals surface area (Å²) in [4.78, 5) is 15.7. The van der Waals surface area contributed by atoms with Crippen LogP contribution in [0.4, 0.5) is 10.2 Å². The fourth-order valence-electron chi connectivity index (χ4n) is 4.05. The van der Waals surface area contributed by atoms with Gasteiger partial charge in [-0.15, -0.1) is 0 Å². The van der Waals surface area contributed by atoms with Crippen LogP contribution in [-0.4, -0.2) is 44.6 Å². The molecule has 9 heteroatoms. The first-order valence-electron chi connectivity index (χ1n) is 10.8. The molecule has 1 saturated heterocycles. The van der Waals surface area contributed by atoms with E-state index in [1.54, 1.807) is 35.3 Å². The van der Waals surface area contributed by atoms with Gasteiger partial charge in [0, 0.05) is 24.5 Å². The van der Waals surface area contributed by atoms with E-state index in [9.17, 15) is 4.39 Å². The predicted molar refractivity (Wildman–Crippen MR) is 124 cm³/mol. The van der Waals surface area contributed by atoms with E-state index >= 15 is 0 Å². The van der Waals surface area contributed by atoms with Crippen LogP contribution in [0, 0.1) is 5.82 Å². The number of aromatic nitrogens is 5. The van der Waals surface area contributed by atoms with Crippen LogP contribution in [0.5, 0.6) is 5.75 Å². The lowest BCUT2D eigenvalue weighted by atomic mass is 10.1. The number of nitrogens with two attached hydrogens (primary N) is 1. The Morgan fingerprint density at radius 3 is 2.76 bits per heavy atom. The number of ether oxygens (including phenoxy) is 1. The molecule has 1 aromatic carbocycles. The van der Waals surface area contributed by atoms with Crippen molar-refractivity contribution in [1.29, 1.82) is 0 Å². The van der Waals surface area contributed by atoms with Crippen LogP contribution in [-0.2, 0) is 0 Å². The van der Waals surface area contributed by atoms with Crippen LogP contribution in [0.2, 0.25) is 0 Å². The van der Waals surface area contributed by atoms with Gasteiger partial charge in [0.15, 0.2) is 11.6 Å². The molecule has 0 amide bonds. The standard InChI is InChI=1S/C24H24FN7O/c1-33-19-7-4-6-17(25)23(19)24-27-12-11-18(29-24)16-14-28-32(15-16)22-10-5-9-21(30-22)31-13-3-2-8-20(31)26/h4-7,9-12,14-15,20H,2-3,8,13,26H2,1H3. The van der Waals surface area contributed by atoms with Crippen molar-refractivity contribution < 1.29 is 9.13 Å². The summed E-state index contributed by atoms with van der Waals surface area (Å²) >= 11 is 0. The van der Waals surface area contributed by atoms with Crippen molar-refractivity contribution in [3.05, 3.63) is 66.9 Å². The molecular formula is C24H24FN7O. The van der Waals surface area contributed by atoms with Crippen molar-refractivity contribution >= 4 is 5.82 Å². The zero-order chi connectivity index (χ0) is 22.8. The summed E-state index contributed by atoms with van der Waals surface area (Å²) in [5, 5.41) is 4.47. The van der Waals surface area contributed by atoms with Gasteiger partial charge in [0.25, 0.3) is 0 Å². The molecular weight excluding hydrogens is 421 g/mol. The van der Waals surface area contributed by atoms with Crippen molar-refractivity contribution in [3.63, 3.8) is 0 Å². The quantitative estimate of drug-likeness (QED) is 0.499. The minimum Gasteiger partial charge on any atom is -0.496 e. The van der Waals surface area contributed by atoms with Crippen LogP contribution < -0.4 is 15.4 Å². The molecule has 0 radical (unpaired) electrons. The van der Waals surface area contributed by atoms with Gasteiger partial charge in [0.2, 0.25) is 0 Å². The Bertz CT molecular complexity index is 1280. The highest BCUT2D eigenvalue weighted by Crippen LogP contribution is 2.31. The molecule has 4 aromatic rings. The smallest absolute Gasteiger partial charge is 0.166 e. The van der Waals surface area contributed by atoms with Crippen molar-refractivity contribution in [3.8, 4) is 34.2 Å². The van der Waals surface area contributed by atoms with Crippen molar-refractivity contribution in [1.82, 2.24) is 24.7 Å². The third kappa shape index (κ3) is 4.14. The Kier molecular flexibility index (Phi) is 5.70. The second-order valence-electron chi connectivity index (χ2n) is 7.87. The minimum atomic E-state index is -0.445. The van der Waals surface area contributed by atoms with Gasteiger partial charge in [-0.05, 0) is 49.6 Å². The third-order valence-corrected chi connectivity index (χ3v) is 5.75. The zero-order valence-electron chi connectivity index (χ0n) is 18.2. The van der Waals surface area contributed by atoms with Gasteiger partial charge in [-0.3, -0.25) is 0 Å². The van der Waals surface area contributed by atoms with E-state index in [1.165, 1.54) is 13.2 Å². The number of anilines is 1. The lowest BCUT2D eigenvalue weighted by molar-refractivity contribution is 0.413. The number of benzene rings is 1. The molecule has 0 saturated carbocycles. The number of hydrogen-bond acceptors (Lipinski definition) is 7. The molecule has 1 atom stereocenters. The Balaban J connectivity index is 1.46. The van der Waals surface area contributed by atoms with Crippen LogP contribution in [0.1, 0.15) is 19.3 Å². The maximum absolute atomic E-state index is 14.5. The molecule has 3 aromatic heterocycles. The summed E-state index contributed by atoms with van der Waals surface area (Å²) in [6, 6.07) is 12.2. The molecule has 1 aliphatic rings. The molecule has 5 rings (SSSR count). The summed E-state index contributed by atoms with van der Waals surface area (Å²) in [6.07, 6.45) is 8.31. The van der Waals surface area contributed by atoms with Gasteiger partial charge in [0.1, 0.15) is 17.4 Å². The highest BCUT2D eigenvalue weighted by molar-refractivity contribution is 5.68. The van der Waals surface area contributed by atoms with Crippen LogP contribution in [0.3, 0.4) is 0 Å². The van der Waals surface area contributed by atoms with Crippen molar-refractivity contribution in [2.24, 2.45) is 5.73 Å². The summed E-state index contributed by atoms with van der Waals surface area (Å²) in [6.45, 7) is 0.894. The molecule has 1 aliphatic heterocycles. The fraction of sp³-hybridized carbons (Fsp3) is 0.250. The average Bonchev–Trinajstić information content (AvgIpc) is 3.35. The number of methoxy groups -OCH3 is 1. The summed E-state index contributed by atoms with van der Waals surface area (Å²) < 4.78 is 21.5. The van der Waals surface area contributed by atoms with E-state index in [1.807, 2.05) is 24.4 Å². The first-order chi connectivity index (χ1) is 16.1. The van der Waals surface area contributed by atoms with Crippen LogP contribution >= 0.6 is 0 Å². The number of piperidine rings is 1. The zero-order valence-corrected chi connectivity index (χ0v) is 18.2. The topological polar surface area (TPSA) is 95.0 Å². The van der Waals surface area contributed by atoms with Gasteiger partial charge < -0.3 is 15.4 Å². The number of halogens is 1. The van der Waals surface area contributed by atoms with Gasteiger partial charge in [-0.2, -0.15) is 5.10 Å². The average molecular weight is 446 g/mol. The van der Waals surface area contributed by atoms with Gasteiger partial charge in [-0.25, -0.2) is 24.0 Å². The predicted octanol–water partition coefficient (Wildman–Crippen LogP) is 3.81. The van der Waals surface area contributed by atoms with Gasteiger partial charge >= 0.3 is 0 Å². The molecule has 1 fully saturated rings. The fourth-order valence-corrected chi connectivity index (χ4v) is 4.05. The molecule has 0 bridgehead atoms. The summed E-state index contributed by atoms with van der Waals surface area (Å²) in [5.41, 5.74) is 7.89. The highest BCUT2D eigenvalue weighted by Gasteiger charge is 2.20. The third-order valence-electron chi connectivity index (χ3n) is 5.75. The number of rotatable bonds is 5. The Morgan fingerprint density at radius 1 is 1.06 bits per heavy atom. The normalized spacial score (nSPS) is 16.1. The van der Waals surface area contributed by atoms with E-state index < -0.39 is 5.82 Å². The second kappa shape index (κ2) is 8.95. The van der Waals surface area contributed by atoms with Crippen molar-refractivity contribution in [2.45, 2.75) is 25.4 Å². The summed E-state index contributed by atoms with van der Waals surface area (Å²) in [7, 11) is 1.49. The number of pyridine rings is 1. The number of hydrogen-bond donors (Lipinski definition) is 1. The molecule has 168 valence electrons. The van der Waals surface area contributed by atoms with Crippen molar-refractivity contribution in [2.75, 3.05) is 18.6 Å². The summed E-state index contributed by atoms with van der Waals surface area (Å²) in [5.74, 6) is 1.70. The molecule has 4 heterocycles. The van der Waals surface area contributed by atoms with Crippen LogP contribution in [0.15, 0.2) is 61.1 Å². The molecule has 1 unspecified atom stereocenters. The van der Waals surface area contributed by atoms with E-state index in [0.29, 0.717) is 17.3 Å². The molecule has 8 nitrogen and oxygen atoms in total. The lowest BCUT2D eigenvalue weighted by Gasteiger charge is -2.34. The van der Waals surface area contributed by atoms with E-state index in [2.05, 4.69) is 20.0 Å². The SMILES string of the molecule is COc1cccc(F)c1-c1nccc(-c2cnn(-c3cccc(N4CCCCC4N)n3)c2)n1. The van der Waals surface area contributed by atoms with E-state index in [0.717, 1.165) is 37.2 Å². The maximum atomic E-state index is 14.5. The Hall–Kier alpha value is -3.85. The van der Waals surface area contributed by atoms with Gasteiger partial charge in [0.05, 0.1) is 30.7 Å². The first kappa shape index (κ1) is 21.0. The Morgan fingerprint density at radius 2 is 1.91 bits per heavy atom. The largest absolute Gasteiger partial charge is 0.496 e. The highest BCUT2D eigenvalue weighted by atomic mass is 19.1. The minimum absolute atomic E-state index is 0.0236. The van der Waals surface area contributed by atoms with E-state index in [-0.39, 0.29) is 17.6 Å². The van der Waals surface area contributed by atoms with Crippen LogP contribution in [0.25, 0.3) is 28.5 Å². The molecule has 2 N–H and O–H groups in total. The Labute approximate surface area is 190 Å². The number of nitrogens with zero attached hydrogens (tertiary/aromatic N) is 6.